The molecule has 6 nitrogen and oxygen atoms in total. The van der Waals surface area contributed by atoms with Crippen molar-refractivity contribution < 1.29 is 21.0 Å². The zero-order valence-corrected chi connectivity index (χ0v) is 28.5. The number of ether oxygens (including phenoxy) is 1. The van der Waals surface area contributed by atoms with Crippen molar-refractivity contribution in [3.05, 3.63) is 92.1 Å². The number of rotatable bonds is 6. The van der Waals surface area contributed by atoms with Crippen LogP contribution in [0.2, 0.25) is 0 Å². The number of halogens is 2. The molecule has 0 aliphatic heterocycles. The molecule has 0 fully saturated rings. The first-order chi connectivity index (χ1) is 17.2. The van der Waals surface area contributed by atoms with Crippen molar-refractivity contribution in [1.82, 2.24) is 0 Å². The molecule has 3 rings (SSSR count). The Bertz CT molecular complexity index is 1330. The SMILES string of the molecule is C.CC(=O)OI(C)c1ccccc1.COc1ccc(S(=O)(=O)N=Ic2ccccc2)cc1.S=S=S=S=S. The normalized spacial score (nSPS) is 10.4. The second-order valence-electron chi connectivity index (χ2n) is 6.09. The van der Waals surface area contributed by atoms with Crippen molar-refractivity contribution in [2.24, 2.45) is 2.55 Å². The number of carbonyl (C=O) groups is 1. The van der Waals surface area contributed by atoms with E-state index >= 15 is 0 Å². The molecule has 0 unspecified atom stereocenters. The molecule has 3 aromatic carbocycles. The quantitative estimate of drug-likeness (QED) is 0.207. The molecule has 0 aromatic heterocycles. The van der Waals surface area contributed by atoms with Crippen LogP contribution >= 0.6 is 41.3 Å². The Kier molecular flexibility index (Phi) is 20.7. The molecule has 0 saturated heterocycles. The van der Waals surface area contributed by atoms with E-state index in [2.05, 4.69) is 24.9 Å². The van der Waals surface area contributed by atoms with Gasteiger partial charge >= 0.3 is 79.8 Å². The Labute approximate surface area is 256 Å². The van der Waals surface area contributed by atoms with E-state index in [4.69, 9.17) is 7.80 Å². The molecular weight excluding hydrogens is 816 g/mol. The predicted molar refractivity (Wildman–Crippen MR) is 182 cm³/mol. The fraction of sp³-hybridized carbons (Fsp3) is 0.174. The van der Waals surface area contributed by atoms with Crippen LogP contribution in [0.15, 0.2) is 92.4 Å². The van der Waals surface area contributed by atoms with Crippen molar-refractivity contribution in [1.29, 1.82) is 0 Å². The van der Waals surface area contributed by atoms with Gasteiger partial charge in [-0.2, -0.15) is 8.42 Å². The fourth-order valence-corrected chi connectivity index (χ4v) is 11.1. The minimum absolute atomic E-state index is 0. The summed E-state index contributed by atoms with van der Waals surface area (Å²) in [6, 6.07) is 25.6. The van der Waals surface area contributed by atoms with E-state index in [9.17, 15) is 13.2 Å². The molecule has 0 heterocycles. The van der Waals surface area contributed by atoms with Gasteiger partial charge in [-0.05, 0) is 36.4 Å². The van der Waals surface area contributed by atoms with Crippen molar-refractivity contribution >= 4 is 106 Å². The molecular formula is C23H27I2NO5S6. The average molecular weight is 844 g/mol. The van der Waals surface area contributed by atoms with Crippen molar-refractivity contribution in [2.45, 2.75) is 19.2 Å². The van der Waals surface area contributed by atoms with Crippen molar-refractivity contribution in [2.75, 3.05) is 12.0 Å². The summed E-state index contributed by atoms with van der Waals surface area (Å²) in [6.07, 6.45) is 0. The van der Waals surface area contributed by atoms with E-state index in [0.29, 0.717) is 5.75 Å². The molecule has 0 atom stereocenters. The number of hydrogen-bond acceptors (Lipinski definition) is 7. The number of sulfonamides is 1. The van der Waals surface area contributed by atoms with E-state index in [1.807, 2.05) is 65.6 Å². The average Bonchev–Trinajstić information content (AvgIpc) is 2.89. The number of methoxy groups -OCH3 is 1. The predicted octanol–water partition coefficient (Wildman–Crippen LogP) is 6.50. The van der Waals surface area contributed by atoms with Crippen LogP contribution in [0.25, 0.3) is 0 Å². The summed E-state index contributed by atoms with van der Waals surface area (Å²) >= 11 is 6.36. The molecule has 0 bridgehead atoms. The van der Waals surface area contributed by atoms with Gasteiger partial charge in [-0.15, -0.1) is 2.55 Å². The molecule has 0 aliphatic carbocycles. The maximum atomic E-state index is 12.0. The molecule has 14 heteroatoms. The Morgan fingerprint density at radius 3 is 1.86 bits per heavy atom. The first-order valence-electron chi connectivity index (χ1n) is 9.63. The topological polar surface area (TPSA) is 82.0 Å². The summed E-state index contributed by atoms with van der Waals surface area (Å²) in [6.45, 7) is 1.46. The summed E-state index contributed by atoms with van der Waals surface area (Å²) in [7, 11) is 1.92. The van der Waals surface area contributed by atoms with E-state index in [1.54, 1.807) is 12.1 Å². The molecule has 3 aromatic rings. The summed E-state index contributed by atoms with van der Waals surface area (Å²) in [5, 5.41) is 0. The molecule has 0 radical (unpaired) electrons. The van der Waals surface area contributed by atoms with Gasteiger partial charge in [0.15, 0.2) is 0 Å². The third kappa shape index (κ3) is 16.1. The molecule has 0 spiro atoms. The van der Waals surface area contributed by atoms with E-state index in [1.165, 1.54) is 56.4 Å². The standard InChI is InChI=1S/C13H12INO3S.C9H11IO2.CH4.S5/c1-18-12-7-9-13(10-8-12)19(16,17)15-14-11-5-3-2-4-6-11;1-8(11)12-10(2)9-6-4-3-5-7-9;;1-3-5-4-2/h2-10H,1H3;3-7H,1-2H3;1H4;. The van der Waals surface area contributed by atoms with Gasteiger partial charge in [0, 0.05) is 73.6 Å². The number of carbonyl (C=O) groups excluding carboxylic acids is 1. The first-order valence-corrected chi connectivity index (χ1v) is 22.6. The van der Waals surface area contributed by atoms with Gasteiger partial charge in [0.2, 0.25) is 0 Å². The third-order valence-electron chi connectivity index (χ3n) is 3.63. The molecule has 0 N–H and O–H groups in total. The van der Waals surface area contributed by atoms with Gasteiger partial charge in [0.25, 0.3) is 10.0 Å². The van der Waals surface area contributed by atoms with Gasteiger partial charge in [0.1, 0.15) is 5.75 Å². The van der Waals surface area contributed by atoms with Gasteiger partial charge in [0.05, 0.1) is 12.0 Å². The number of benzene rings is 3. The minimum atomic E-state index is -3.57. The van der Waals surface area contributed by atoms with Gasteiger partial charge in [-0.3, -0.25) is 0 Å². The van der Waals surface area contributed by atoms with Crippen molar-refractivity contribution in [3.8, 4) is 5.75 Å². The Hall–Kier alpha value is -0.760. The van der Waals surface area contributed by atoms with E-state index < -0.39 is 51.3 Å². The molecule has 0 aliphatic rings. The van der Waals surface area contributed by atoms with E-state index in [-0.39, 0.29) is 18.3 Å². The fourth-order valence-electron chi connectivity index (χ4n) is 2.15. The van der Waals surface area contributed by atoms with Crippen LogP contribution in [-0.2, 0) is 66.9 Å². The third-order valence-corrected chi connectivity index (χ3v) is 16.4. The molecule has 0 amide bonds. The van der Waals surface area contributed by atoms with Crippen LogP contribution in [0.4, 0.5) is 0 Å². The smallest absolute Gasteiger partial charge is 0.286 e. The molecule has 0 saturated carbocycles. The zero-order valence-electron chi connectivity index (χ0n) is 19.3. The second kappa shape index (κ2) is 21.1. The summed E-state index contributed by atoms with van der Waals surface area (Å²) in [4.78, 5) is 12.9. The van der Waals surface area contributed by atoms with Gasteiger partial charge in [-0.1, -0.05) is 25.6 Å². The number of hydrogen-bond donors (Lipinski definition) is 0. The maximum absolute atomic E-state index is 12.0. The van der Waals surface area contributed by atoms with Crippen LogP contribution in [0.1, 0.15) is 14.4 Å². The number of alkyl halides is 1. The Morgan fingerprint density at radius 2 is 1.43 bits per heavy atom. The summed E-state index contributed by atoms with van der Waals surface area (Å²) in [5.41, 5.74) is 0. The minimum Gasteiger partial charge on any atom is -0.497 e. The first kappa shape index (κ1) is 36.2. The molecule has 204 valence electrons. The Morgan fingerprint density at radius 1 is 0.919 bits per heavy atom. The zero-order chi connectivity index (χ0) is 26.8. The van der Waals surface area contributed by atoms with E-state index in [0.717, 1.165) is 3.57 Å². The maximum Gasteiger partial charge on any atom is 0.286 e. The van der Waals surface area contributed by atoms with Crippen LogP contribution < -0.4 is 4.74 Å². The Balaban J connectivity index is 0.000000618. The molecule has 37 heavy (non-hydrogen) atoms. The summed E-state index contributed by atoms with van der Waals surface area (Å²) < 4.78 is 40.2. The monoisotopic (exact) mass is 843 g/mol. The second-order valence-corrected chi connectivity index (χ2v) is 20.0. The van der Waals surface area contributed by atoms with Crippen LogP contribution in [0.5, 0.6) is 5.75 Å². The van der Waals surface area contributed by atoms with Crippen molar-refractivity contribution in [3.63, 3.8) is 0 Å². The number of nitrogens with zero attached hydrogens (tertiary/aromatic N) is 1. The van der Waals surface area contributed by atoms with Crippen LogP contribution in [-0.4, -0.2) is 26.4 Å². The van der Waals surface area contributed by atoms with Crippen LogP contribution in [0, 0.1) is 7.14 Å². The van der Waals surface area contributed by atoms with Gasteiger partial charge in [-0.25, -0.2) is 0 Å². The largest absolute Gasteiger partial charge is 0.497 e. The van der Waals surface area contributed by atoms with Crippen LogP contribution in [0.3, 0.4) is 0 Å². The summed E-state index contributed by atoms with van der Waals surface area (Å²) in [5.74, 6) is 0.447. The van der Waals surface area contributed by atoms with Gasteiger partial charge < -0.3 is 4.74 Å².